The molecule has 20 heavy (non-hydrogen) atoms. The number of nitrogens with zero attached hydrogens (tertiary/aromatic N) is 2. The van der Waals surface area contributed by atoms with Crippen molar-refractivity contribution in [3.63, 3.8) is 0 Å². The second-order valence-electron chi connectivity index (χ2n) is 4.10. The molecule has 1 atom stereocenters. The van der Waals surface area contributed by atoms with Crippen molar-refractivity contribution in [1.29, 1.82) is 0 Å². The maximum atomic E-state index is 13.6. The Kier molecular flexibility index (Phi) is 4.24. The van der Waals surface area contributed by atoms with E-state index in [4.69, 9.17) is 11.6 Å². The summed E-state index contributed by atoms with van der Waals surface area (Å²) in [7, 11) is 0. The van der Waals surface area contributed by atoms with Crippen molar-refractivity contribution in [2.24, 2.45) is 0 Å². The molecule has 1 unspecified atom stereocenters. The molecule has 1 N–H and O–H groups in total. The minimum Gasteiger partial charge on any atom is -0.344 e. The van der Waals surface area contributed by atoms with Crippen LogP contribution in [-0.4, -0.2) is 16.1 Å². The van der Waals surface area contributed by atoms with Gasteiger partial charge in [-0.05, 0) is 25.1 Å². The Bertz CT molecular complexity index is 634. The van der Waals surface area contributed by atoms with Gasteiger partial charge in [-0.1, -0.05) is 17.7 Å². The van der Waals surface area contributed by atoms with Crippen molar-refractivity contribution >= 4 is 17.5 Å². The number of amides is 1. The number of hydrogen-bond donors (Lipinski definition) is 1. The fraction of sp³-hybridized carbons (Fsp3) is 0.154. The van der Waals surface area contributed by atoms with Gasteiger partial charge < -0.3 is 5.32 Å². The summed E-state index contributed by atoms with van der Waals surface area (Å²) < 4.78 is 26.4. The fourth-order valence-corrected chi connectivity index (χ4v) is 1.74. The molecule has 1 aromatic heterocycles. The van der Waals surface area contributed by atoms with Gasteiger partial charge in [0, 0.05) is 11.6 Å². The molecule has 1 heterocycles. The van der Waals surface area contributed by atoms with Gasteiger partial charge in [0.25, 0.3) is 5.91 Å². The van der Waals surface area contributed by atoms with Crippen LogP contribution in [0.2, 0.25) is 5.15 Å². The zero-order chi connectivity index (χ0) is 14.7. The molecule has 2 rings (SSSR count). The summed E-state index contributed by atoms with van der Waals surface area (Å²) in [6.07, 6.45) is 0. The smallest absolute Gasteiger partial charge is 0.272 e. The first-order valence-electron chi connectivity index (χ1n) is 5.72. The number of aromatic nitrogens is 2. The maximum absolute atomic E-state index is 13.6. The van der Waals surface area contributed by atoms with Crippen LogP contribution in [0.4, 0.5) is 8.78 Å². The molecule has 0 saturated carbocycles. The van der Waals surface area contributed by atoms with Crippen LogP contribution in [0.3, 0.4) is 0 Å². The molecular formula is C13H10ClF2N3O. The Hall–Kier alpha value is -2.08. The summed E-state index contributed by atoms with van der Waals surface area (Å²) in [4.78, 5) is 11.9. The molecule has 0 saturated heterocycles. The molecule has 1 aromatic carbocycles. The number of benzene rings is 1. The molecule has 1 amide bonds. The quantitative estimate of drug-likeness (QED) is 0.948. The van der Waals surface area contributed by atoms with E-state index < -0.39 is 23.6 Å². The van der Waals surface area contributed by atoms with Crippen LogP contribution >= 0.6 is 11.6 Å². The number of hydrogen-bond acceptors (Lipinski definition) is 3. The highest BCUT2D eigenvalue weighted by molar-refractivity contribution is 6.29. The second kappa shape index (κ2) is 5.92. The molecule has 0 fully saturated rings. The van der Waals surface area contributed by atoms with E-state index in [0.717, 1.165) is 12.1 Å². The van der Waals surface area contributed by atoms with Gasteiger partial charge in [0.2, 0.25) is 0 Å². The first kappa shape index (κ1) is 14.3. The summed E-state index contributed by atoms with van der Waals surface area (Å²) in [5.41, 5.74) is 0.241. The van der Waals surface area contributed by atoms with Crippen molar-refractivity contribution in [2.45, 2.75) is 13.0 Å². The summed E-state index contributed by atoms with van der Waals surface area (Å²) in [5.74, 6) is -1.92. The molecule has 0 aliphatic rings. The summed E-state index contributed by atoms with van der Waals surface area (Å²) in [5, 5.41) is 9.87. The summed E-state index contributed by atoms with van der Waals surface area (Å²) in [6.45, 7) is 1.58. The highest BCUT2D eigenvalue weighted by Gasteiger charge is 2.16. The highest BCUT2D eigenvalue weighted by atomic mass is 35.5. The van der Waals surface area contributed by atoms with Gasteiger partial charge >= 0.3 is 0 Å². The van der Waals surface area contributed by atoms with Gasteiger partial charge in [0.05, 0.1) is 6.04 Å². The number of nitrogens with one attached hydrogen (secondary N) is 1. The predicted molar refractivity (Wildman–Crippen MR) is 69.3 cm³/mol. The largest absolute Gasteiger partial charge is 0.344 e. The molecule has 0 bridgehead atoms. The van der Waals surface area contributed by atoms with Crippen molar-refractivity contribution in [3.05, 3.63) is 58.4 Å². The van der Waals surface area contributed by atoms with Crippen molar-refractivity contribution in [1.82, 2.24) is 15.5 Å². The lowest BCUT2D eigenvalue weighted by molar-refractivity contribution is 0.0933. The monoisotopic (exact) mass is 297 g/mol. The molecule has 0 aliphatic heterocycles. The third kappa shape index (κ3) is 3.27. The van der Waals surface area contributed by atoms with E-state index in [1.807, 2.05) is 0 Å². The van der Waals surface area contributed by atoms with E-state index in [0.29, 0.717) is 0 Å². The lowest BCUT2D eigenvalue weighted by Gasteiger charge is -2.14. The van der Waals surface area contributed by atoms with Crippen LogP contribution < -0.4 is 5.32 Å². The number of carbonyl (C=O) groups is 1. The Labute approximate surface area is 118 Å². The Morgan fingerprint density at radius 1 is 1.25 bits per heavy atom. The molecular weight excluding hydrogens is 288 g/mol. The Balaban J connectivity index is 2.12. The van der Waals surface area contributed by atoms with Crippen LogP contribution in [-0.2, 0) is 0 Å². The third-order valence-electron chi connectivity index (χ3n) is 2.64. The zero-order valence-electron chi connectivity index (χ0n) is 10.4. The van der Waals surface area contributed by atoms with Crippen molar-refractivity contribution < 1.29 is 13.6 Å². The summed E-state index contributed by atoms with van der Waals surface area (Å²) in [6, 6.07) is 5.36. The van der Waals surface area contributed by atoms with E-state index in [-0.39, 0.29) is 16.4 Å². The van der Waals surface area contributed by atoms with E-state index in [1.54, 1.807) is 6.92 Å². The van der Waals surface area contributed by atoms with Crippen LogP contribution in [0.1, 0.15) is 29.0 Å². The standard InChI is InChI=1S/C13H10ClF2N3O/c1-7(9-3-2-8(15)6-10(9)16)17-13(20)11-4-5-12(14)19-18-11/h2-7H,1H3,(H,17,20). The van der Waals surface area contributed by atoms with Gasteiger partial charge in [0.15, 0.2) is 10.8 Å². The average Bonchev–Trinajstić information content (AvgIpc) is 2.39. The highest BCUT2D eigenvalue weighted by Crippen LogP contribution is 2.18. The van der Waals surface area contributed by atoms with Gasteiger partial charge in [-0.2, -0.15) is 0 Å². The number of rotatable bonds is 3. The van der Waals surface area contributed by atoms with Crippen LogP contribution in [0, 0.1) is 11.6 Å². The lowest BCUT2D eigenvalue weighted by atomic mass is 10.1. The molecule has 4 nitrogen and oxygen atoms in total. The van der Waals surface area contributed by atoms with E-state index >= 15 is 0 Å². The first-order chi connectivity index (χ1) is 9.47. The fourth-order valence-electron chi connectivity index (χ4n) is 1.64. The molecule has 0 spiro atoms. The topological polar surface area (TPSA) is 54.9 Å². The number of carbonyl (C=O) groups excluding carboxylic acids is 1. The minimum absolute atomic E-state index is 0.0590. The Morgan fingerprint density at radius 2 is 2.00 bits per heavy atom. The third-order valence-corrected chi connectivity index (χ3v) is 2.84. The number of halogens is 3. The van der Waals surface area contributed by atoms with Gasteiger partial charge in [-0.3, -0.25) is 4.79 Å². The molecule has 0 radical (unpaired) electrons. The molecule has 104 valence electrons. The Morgan fingerprint density at radius 3 is 2.60 bits per heavy atom. The normalized spacial score (nSPS) is 12.0. The second-order valence-corrected chi connectivity index (χ2v) is 4.49. The van der Waals surface area contributed by atoms with Crippen LogP contribution in [0.25, 0.3) is 0 Å². The van der Waals surface area contributed by atoms with E-state index in [2.05, 4.69) is 15.5 Å². The minimum atomic E-state index is -0.722. The van der Waals surface area contributed by atoms with E-state index in [1.165, 1.54) is 18.2 Å². The van der Waals surface area contributed by atoms with Gasteiger partial charge in [0.1, 0.15) is 11.6 Å². The lowest BCUT2D eigenvalue weighted by Crippen LogP contribution is -2.28. The van der Waals surface area contributed by atoms with Crippen LogP contribution in [0.5, 0.6) is 0 Å². The van der Waals surface area contributed by atoms with Gasteiger partial charge in [-0.25, -0.2) is 8.78 Å². The molecule has 7 heteroatoms. The van der Waals surface area contributed by atoms with Gasteiger partial charge in [-0.15, -0.1) is 10.2 Å². The maximum Gasteiger partial charge on any atom is 0.272 e. The van der Waals surface area contributed by atoms with Crippen molar-refractivity contribution in [2.75, 3.05) is 0 Å². The molecule has 2 aromatic rings. The van der Waals surface area contributed by atoms with E-state index in [9.17, 15) is 13.6 Å². The predicted octanol–water partition coefficient (Wildman–Crippen LogP) is 2.90. The average molecular weight is 298 g/mol. The van der Waals surface area contributed by atoms with Crippen LogP contribution in [0.15, 0.2) is 30.3 Å². The first-order valence-corrected chi connectivity index (χ1v) is 6.10. The summed E-state index contributed by atoms with van der Waals surface area (Å²) >= 11 is 5.56. The SMILES string of the molecule is CC(NC(=O)c1ccc(Cl)nn1)c1ccc(F)cc1F. The zero-order valence-corrected chi connectivity index (χ0v) is 11.2. The molecule has 0 aliphatic carbocycles. The van der Waals surface area contributed by atoms with Crippen molar-refractivity contribution in [3.8, 4) is 0 Å².